The molecule has 0 bridgehead atoms. The van der Waals surface area contributed by atoms with Crippen LogP contribution >= 0.6 is 11.8 Å². The number of hydrogen-bond donors (Lipinski definition) is 3. The van der Waals surface area contributed by atoms with Gasteiger partial charge in [-0.3, -0.25) is 0 Å². The molecule has 5 N–H and O–H groups in total. The third kappa shape index (κ3) is 2.43. The summed E-state index contributed by atoms with van der Waals surface area (Å²) in [7, 11) is 0. The molecule has 3 rings (SSSR count). The molecule has 0 unspecified atom stereocenters. The number of rotatable bonds is 3. The Balaban J connectivity index is 1.85. The lowest BCUT2D eigenvalue weighted by molar-refractivity contribution is 0.968. The van der Waals surface area contributed by atoms with Crippen molar-refractivity contribution < 1.29 is 0 Å². The van der Waals surface area contributed by atoms with Gasteiger partial charge in [0.25, 0.3) is 0 Å². The fourth-order valence-corrected chi connectivity index (χ4v) is 2.33. The largest absolute Gasteiger partial charge is 0.383 e. The summed E-state index contributed by atoms with van der Waals surface area (Å²) in [4.78, 5) is 12.7. The minimum absolute atomic E-state index is 0.293. The zero-order chi connectivity index (χ0) is 13.2. The lowest BCUT2D eigenvalue weighted by atomic mass is 10.2. The van der Waals surface area contributed by atoms with Gasteiger partial charge < -0.3 is 11.5 Å². The number of H-pyrrole nitrogens is 1. The van der Waals surface area contributed by atoms with Crippen molar-refractivity contribution in [3.8, 4) is 0 Å². The Morgan fingerprint density at radius 2 is 1.95 bits per heavy atom. The number of nitrogen functional groups attached to an aromatic ring is 2. The van der Waals surface area contributed by atoms with Crippen LogP contribution in [0.5, 0.6) is 0 Å². The summed E-state index contributed by atoms with van der Waals surface area (Å²) >= 11 is 1.40. The third-order valence-corrected chi connectivity index (χ3v) is 3.33. The van der Waals surface area contributed by atoms with E-state index >= 15 is 0 Å². The molecule has 8 heteroatoms. The zero-order valence-corrected chi connectivity index (χ0v) is 10.7. The molecule has 0 amide bonds. The smallest absolute Gasteiger partial charge is 0.216 e. The number of nitrogens with two attached hydrogens (primary N) is 2. The molecule has 0 saturated carbocycles. The monoisotopic (exact) mass is 273 g/mol. The van der Waals surface area contributed by atoms with Crippen LogP contribution in [0.1, 0.15) is 5.82 Å². The number of fused-ring (bicyclic) bond motifs is 1. The molecule has 7 nitrogen and oxygen atoms in total. The fourth-order valence-electron chi connectivity index (χ4n) is 1.67. The standard InChI is InChI=1S/C11H11N7S/c12-9-6-3-1-2-4-7(6)14-8(15-9)5-19-11-16-10(13)17-18-11/h1-4H,5H2,(H2,12,14,15)(H3,13,16,17,18). The quantitative estimate of drug-likeness (QED) is 0.613. The second-order valence-electron chi connectivity index (χ2n) is 3.83. The molecule has 3 aromatic rings. The lowest BCUT2D eigenvalue weighted by Crippen LogP contribution is -2.00. The van der Waals surface area contributed by atoms with E-state index in [2.05, 4.69) is 25.1 Å². The summed E-state index contributed by atoms with van der Waals surface area (Å²) in [6, 6.07) is 7.64. The van der Waals surface area contributed by atoms with Crippen molar-refractivity contribution in [1.82, 2.24) is 25.1 Å². The Morgan fingerprint density at radius 1 is 1.11 bits per heavy atom. The molecular formula is C11H11N7S. The predicted octanol–water partition coefficient (Wildman–Crippen LogP) is 1.20. The number of hydrogen-bond acceptors (Lipinski definition) is 7. The highest BCUT2D eigenvalue weighted by atomic mass is 32.2. The molecule has 0 saturated heterocycles. The van der Waals surface area contributed by atoms with Gasteiger partial charge in [-0.1, -0.05) is 23.9 Å². The summed E-state index contributed by atoms with van der Waals surface area (Å²) in [6.07, 6.45) is 0. The molecule has 2 aromatic heterocycles. The van der Waals surface area contributed by atoms with Crippen molar-refractivity contribution in [3.05, 3.63) is 30.1 Å². The van der Waals surface area contributed by atoms with Crippen LogP contribution in [0.4, 0.5) is 11.8 Å². The highest BCUT2D eigenvalue weighted by Crippen LogP contribution is 2.21. The number of aromatic amines is 1. The normalized spacial score (nSPS) is 10.9. The van der Waals surface area contributed by atoms with Gasteiger partial charge in [-0.05, 0) is 12.1 Å². The van der Waals surface area contributed by atoms with Crippen LogP contribution in [0.25, 0.3) is 10.9 Å². The molecule has 0 aliphatic heterocycles. The van der Waals surface area contributed by atoms with Gasteiger partial charge in [-0.15, -0.1) is 5.10 Å². The maximum atomic E-state index is 5.91. The zero-order valence-electron chi connectivity index (χ0n) is 9.87. The van der Waals surface area contributed by atoms with E-state index < -0.39 is 0 Å². The van der Waals surface area contributed by atoms with E-state index in [0.717, 1.165) is 10.9 Å². The molecule has 0 aliphatic carbocycles. The fraction of sp³-hybridized carbons (Fsp3) is 0.0909. The highest BCUT2D eigenvalue weighted by Gasteiger charge is 2.07. The maximum absolute atomic E-state index is 5.91. The Morgan fingerprint density at radius 3 is 2.74 bits per heavy atom. The van der Waals surface area contributed by atoms with Crippen LogP contribution in [0.3, 0.4) is 0 Å². The van der Waals surface area contributed by atoms with E-state index in [0.29, 0.717) is 28.5 Å². The van der Waals surface area contributed by atoms with Crippen molar-refractivity contribution in [2.75, 3.05) is 11.5 Å². The van der Waals surface area contributed by atoms with Gasteiger partial charge in [-0.2, -0.15) is 4.98 Å². The highest BCUT2D eigenvalue weighted by molar-refractivity contribution is 7.98. The van der Waals surface area contributed by atoms with E-state index in [1.54, 1.807) is 0 Å². The van der Waals surface area contributed by atoms with Gasteiger partial charge >= 0.3 is 0 Å². The van der Waals surface area contributed by atoms with Gasteiger partial charge in [0.15, 0.2) is 0 Å². The van der Waals surface area contributed by atoms with Gasteiger partial charge in [0.1, 0.15) is 11.6 Å². The molecule has 1 aromatic carbocycles. The van der Waals surface area contributed by atoms with Crippen molar-refractivity contribution in [2.24, 2.45) is 0 Å². The minimum atomic E-state index is 0.293. The number of nitrogens with zero attached hydrogens (tertiary/aromatic N) is 4. The van der Waals surface area contributed by atoms with Crippen molar-refractivity contribution in [3.63, 3.8) is 0 Å². The number of thioether (sulfide) groups is 1. The van der Waals surface area contributed by atoms with Crippen molar-refractivity contribution in [2.45, 2.75) is 10.9 Å². The summed E-state index contributed by atoms with van der Waals surface area (Å²) in [5, 5.41) is 7.93. The van der Waals surface area contributed by atoms with Gasteiger partial charge in [0, 0.05) is 5.39 Å². The van der Waals surface area contributed by atoms with Crippen LogP contribution in [-0.4, -0.2) is 25.1 Å². The SMILES string of the molecule is Nc1nc(SCc2nc(N)c3ccccc3n2)n[nH]1. The summed E-state index contributed by atoms with van der Waals surface area (Å²) < 4.78 is 0. The van der Waals surface area contributed by atoms with Gasteiger partial charge in [0.2, 0.25) is 11.1 Å². The first-order chi connectivity index (χ1) is 9.22. The summed E-state index contributed by atoms with van der Waals surface area (Å²) in [5.74, 6) is 1.95. The molecule has 0 atom stereocenters. The van der Waals surface area contributed by atoms with Crippen LogP contribution in [0, 0.1) is 0 Å². The molecule has 19 heavy (non-hydrogen) atoms. The first kappa shape index (κ1) is 11.7. The van der Waals surface area contributed by atoms with Gasteiger partial charge in [-0.25, -0.2) is 15.1 Å². The molecule has 0 spiro atoms. The van der Waals surface area contributed by atoms with E-state index in [4.69, 9.17) is 11.5 Å². The Labute approximate surface area is 112 Å². The summed E-state index contributed by atoms with van der Waals surface area (Å²) in [6.45, 7) is 0. The minimum Gasteiger partial charge on any atom is -0.383 e. The Bertz CT molecular complexity index is 724. The maximum Gasteiger partial charge on any atom is 0.216 e. The summed E-state index contributed by atoms with van der Waals surface area (Å²) in [5.41, 5.74) is 12.2. The molecule has 0 aliphatic rings. The van der Waals surface area contributed by atoms with Crippen LogP contribution in [-0.2, 0) is 5.75 Å². The molecule has 0 radical (unpaired) electrons. The van der Waals surface area contributed by atoms with E-state index in [1.165, 1.54) is 11.8 Å². The average Bonchev–Trinajstić information content (AvgIpc) is 2.82. The van der Waals surface area contributed by atoms with E-state index in [1.807, 2.05) is 24.3 Å². The molecule has 0 fully saturated rings. The average molecular weight is 273 g/mol. The third-order valence-electron chi connectivity index (χ3n) is 2.49. The molecule has 2 heterocycles. The first-order valence-corrected chi connectivity index (χ1v) is 6.53. The number of nitrogens with one attached hydrogen (secondary N) is 1. The second-order valence-corrected chi connectivity index (χ2v) is 4.78. The number of benzene rings is 1. The van der Waals surface area contributed by atoms with Crippen LogP contribution < -0.4 is 11.5 Å². The Hall–Kier alpha value is -2.35. The Kier molecular flexibility index (Phi) is 2.92. The molecule has 96 valence electrons. The lowest BCUT2D eigenvalue weighted by Gasteiger charge is -2.03. The first-order valence-electron chi connectivity index (χ1n) is 5.54. The molecular weight excluding hydrogens is 262 g/mol. The second kappa shape index (κ2) is 4.73. The van der Waals surface area contributed by atoms with Gasteiger partial charge in [0.05, 0.1) is 11.3 Å². The topological polar surface area (TPSA) is 119 Å². The van der Waals surface area contributed by atoms with E-state index in [9.17, 15) is 0 Å². The number of aromatic nitrogens is 5. The van der Waals surface area contributed by atoms with Crippen LogP contribution in [0.15, 0.2) is 29.4 Å². The predicted molar refractivity (Wildman–Crippen MR) is 74.3 cm³/mol. The van der Waals surface area contributed by atoms with Crippen LogP contribution in [0.2, 0.25) is 0 Å². The van der Waals surface area contributed by atoms with E-state index in [-0.39, 0.29) is 0 Å². The number of anilines is 2. The number of para-hydroxylation sites is 1. The van der Waals surface area contributed by atoms with Crippen molar-refractivity contribution >= 4 is 34.4 Å². The van der Waals surface area contributed by atoms with Crippen molar-refractivity contribution in [1.29, 1.82) is 0 Å².